The van der Waals surface area contributed by atoms with E-state index in [1.807, 2.05) is 42.5 Å². The number of nitrogens with two attached hydrogens (primary N) is 1. The van der Waals surface area contributed by atoms with Crippen LogP contribution in [0.25, 0.3) is 0 Å². The molecule has 1 aliphatic rings. The van der Waals surface area contributed by atoms with Crippen molar-refractivity contribution in [2.24, 2.45) is 10.7 Å². The second kappa shape index (κ2) is 11.3. The topological polar surface area (TPSA) is 81.3 Å². The summed E-state index contributed by atoms with van der Waals surface area (Å²) in [5, 5.41) is 3.12. The lowest BCUT2D eigenvalue weighted by Crippen LogP contribution is -2.28. The van der Waals surface area contributed by atoms with E-state index in [1.165, 1.54) is 0 Å². The number of rotatable bonds is 9. The van der Waals surface area contributed by atoms with Gasteiger partial charge >= 0.3 is 0 Å². The van der Waals surface area contributed by atoms with Crippen molar-refractivity contribution in [2.45, 2.75) is 26.8 Å². The van der Waals surface area contributed by atoms with Crippen LogP contribution in [0, 0.1) is 0 Å². The van der Waals surface area contributed by atoms with E-state index in [9.17, 15) is 0 Å². The molecular formula is C23H32N4O3. The fourth-order valence-electron chi connectivity index (χ4n) is 3.20. The molecule has 3 N–H and O–H groups in total. The molecule has 2 aromatic rings. The van der Waals surface area contributed by atoms with Gasteiger partial charge in [0.1, 0.15) is 12.4 Å². The van der Waals surface area contributed by atoms with Gasteiger partial charge in [-0.15, -0.1) is 0 Å². The summed E-state index contributed by atoms with van der Waals surface area (Å²) in [5.41, 5.74) is 7.92. The molecule has 0 saturated carbocycles. The Kier molecular flexibility index (Phi) is 8.20. The van der Waals surface area contributed by atoms with Gasteiger partial charge in [0, 0.05) is 30.3 Å². The molecule has 7 heteroatoms. The number of para-hydroxylation sites is 1. The molecule has 162 valence electrons. The van der Waals surface area contributed by atoms with Crippen LogP contribution in [0.1, 0.15) is 25.8 Å². The maximum atomic E-state index is 6.11. The highest BCUT2D eigenvalue weighted by molar-refractivity contribution is 5.92. The minimum atomic E-state index is 0.336. The zero-order chi connectivity index (χ0) is 21.2. The summed E-state index contributed by atoms with van der Waals surface area (Å²) < 4.78 is 17.4. The third-order valence-electron chi connectivity index (χ3n) is 4.97. The van der Waals surface area contributed by atoms with Crippen LogP contribution < -0.4 is 25.3 Å². The Hall–Kier alpha value is -2.93. The van der Waals surface area contributed by atoms with E-state index < -0.39 is 0 Å². The first-order valence-corrected chi connectivity index (χ1v) is 10.6. The number of guanidine groups is 1. The third-order valence-corrected chi connectivity index (χ3v) is 4.97. The highest BCUT2D eigenvalue weighted by atomic mass is 16.5. The molecule has 1 heterocycles. The molecule has 0 atom stereocenters. The molecular weight excluding hydrogens is 380 g/mol. The Bertz CT molecular complexity index is 837. The van der Waals surface area contributed by atoms with Crippen molar-refractivity contribution in [2.75, 3.05) is 44.8 Å². The lowest BCUT2D eigenvalue weighted by atomic mass is 10.2. The molecule has 2 aromatic carbocycles. The normalized spacial score (nSPS) is 13.8. The average Bonchev–Trinajstić information content (AvgIpc) is 3.01. The van der Waals surface area contributed by atoms with Gasteiger partial charge < -0.3 is 30.2 Å². The third kappa shape index (κ3) is 6.29. The number of anilines is 1. The van der Waals surface area contributed by atoms with Crippen molar-refractivity contribution in [3.05, 3.63) is 48.0 Å². The summed E-state index contributed by atoms with van der Waals surface area (Å²) in [7, 11) is 0. The molecule has 0 fully saturated rings. The molecule has 0 radical (unpaired) electrons. The summed E-state index contributed by atoms with van der Waals surface area (Å²) in [6, 6.07) is 13.6. The van der Waals surface area contributed by atoms with Gasteiger partial charge in [-0.05, 0) is 31.3 Å². The van der Waals surface area contributed by atoms with Crippen molar-refractivity contribution in [3.8, 4) is 17.2 Å². The number of ether oxygens (including phenoxy) is 3. The summed E-state index contributed by atoms with van der Waals surface area (Å²) >= 11 is 0. The van der Waals surface area contributed by atoms with Gasteiger partial charge in [0.25, 0.3) is 0 Å². The lowest BCUT2D eigenvalue weighted by molar-refractivity contribution is 0.221. The van der Waals surface area contributed by atoms with Crippen LogP contribution in [0.4, 0.5) is 5.69 Å². The van der Waals surface area contributed by atoms with E-state index in [1.54, 1.807) is 0 Å². The summed E-state index contributed by atoms with van der Waals surface area (Å²) in [5.74, 6) is 2.65. The largest absolute Gasteiger partial charge is 0.492 e. The molecule has 0 aliphatic carbocycles. The molecule has 0 aromatic heterocycles. The van der Waals surface area contributed by atoms with Gasteiger partial charge in [0.15, 0.2) is 17.5 Å². The highest BCUT2D eigenvalue weighted by Crippen LogP contribution is 2.32. The van der Waals surface area contributed by atoms with Gasteiger partial charge in [-0.1, -0.05) is 32.0 Å². The molecule has 0 amide bonds. The number of fused-ring (bicyclic) bond motifs is 1. The molecule has 1 aliphatic heterocycles. The van der Waals surface area contributed by atoms with E-state index in [2.05, 4.69) is 29.1 Å². The SMILES string of the molecule is CCN(CC)CCOc1ccccc1CN=C(N)Nc1ccc2c(c1)OCCCO2. The first kappa shape index (κ1) is 21.8. The van der Waals surface area contributed by atoms with Crippen LogP contribution in [0.3, 0.4) is 0 Å². The van der Waals surface area contributed by atoms with Gasteiger partial charge in [-0.2, -0.15) is 0 Å². The second-order valence-corrected chi connectivity index (χ2v) is 7.02. The lowest BCUT2D eigenvalue weighted by Gasteiger charge is -2.18. The first-order valence-electron chi connectivity index (χ1n) is 10.6. The van der Waals surface area contributed by atoms with E-state index in [-0.39, 0.29) is 0 Å². The predicted molar refractivity (Wildman–Crippen MR) is 121 cm³/mol. The number of hydrogen-bond acceptors (Lipinski definition) is 5. The number of nitrogens with zero attached hydrogens (tertiary/aromatic N) is 2. The van der Waals surface area contributed by atoms with E-state index >= 15 is 0 Å². The molecule has 0 unspecified atom stereocenters. The standard InChI is InChI=1S/C23H32N4O3/c1-3-27(4-2)12-15-30-20-9-6-5-8-18(20)17-25-23(24)26-19-10-11-21-22(16-19)29-14-7-13-28-21/h5-6,8-11,16H,3-4,7,12-15,17H2,1-2H3,(H3,24,25,26). The first-order chi connectivity index (χ1) is 14.7. The number of likely N-dealkylation sites (N-methyl/N-ethyl adjacent to an activating group) is 1. The Morgan fingerprint density at radius 2 is 1.87 bits per heavy atom. The smallest absolute Gasteiger partial charge is 0.193 e. The quantitative estimate of drug-likeness (QED) is 0.485. The predicted octanol–water partition coefficient (Wildman–Crippen LogP) is 3.50. The average molecular weight is 413 g/mol. The molecule has 7 nitrogen and oxygen atoms in total. The van der Waals surface area contributed by atoms with Gasteiger partial charge in [0.2, 0.25) is 0 Å². The highest BCUT2D eigenvalue weighted by Gasteiger charge is 2.11. The zero-order valence-corrected chi connectivity index (χ0v) is 17.9. The number of benzene rings is 2. The maximum Gasteiger partial charge on any atom is 0.193 e. The van der Waals surface area contributed by atoms with E-state index in [0.717, 1.165) is 54.6 Å². The minimum absolute atomic E-state index is 0.336. The molecule has 3 rings (SSSR count). The number of aliphatic imine (C=N–C) groups is 1. The molecule has 30 heavy (non-hydrogen) atoms. The second-order valence-electron chi connectivity index (χ2n) is 7.02. The zero-order valence-electron chi connectivity index (χ0n) is 17.9. The van der Waals surface area contributed by atoms with Crippen molar-refractivity contribution in [1.29, 1.82) is 0 Å². The van der Waals surface area contributed by atoms with Crippen molar-refractivity contribution in [3.63, 3.8) is 0 Å². The molecule has 0 saturated heterocycles. The van der Waals surface area contributed by atoms with Crippen molar-refractivity contribution in [1.82, 2.24) is 4.90 Å². The summed E-state index contributed by atoms with van der Waals surface area (Å²) in [6.07, 6.45) is 0.872. The summed E-state index contributed by atoms with van der Waals surface area (Å²) in [4.78, 5) is 6.81. The summed E-state index contributed by atoms with van der Waals surface area (Å²) in [6.45, 7) is 9.65. The van der Waals surface area contributed by atoms with Crippen LogP contribution in [0.2, 0.25) is 0 Å². The number of nitrogens with one attached hydrogen (secondary N) is 1. The minimum Gasteiger partial charge on any atom is -0.492 e. The van der Waals surface area contributed by atoms with Crippen LogP contribution in [0.5, 0.6) is 17.2 Å². The van der Waals surface area contributed by atoms with Crippen molar-refractivity contribution < 1.29 is 14.2 Å². The Morgan fingerprint density at radius 1 is 1.10 bits per heavy atom. The van der Waals surface area contributed by atoms with E-state index in [0.29, 0.717) is 32.3 Å². The van der Waals surface area contributed by atoms with Crippen molar-refractivity contribution >= 4 is 11.6 Å². The monoisotopic (exact) mass is 412 g/mol. The van der Waals surface area contributed by atoms with Gasteiger partial charge in [-0.3, -0.25) is 0 Å². The van der Waals surface area contributed by atoms with Gasteiger partial charge in [-0.25, -0.2) is 4.99 Å². The fraction of sp³-hybridized carbons (Fsp3) is 0.435. The van der Waals surface area contributed by atoms with Crippen LogP contribution in [-0.4, -0.2) is 50.3 Å². The maximum absolute atomic E-state index is 6.11. The number of hydrogen-bond donors (Lipinski definition) is 2. The van der Waals surface area contributed by atoms with Crippen LogP contribution in [-0.2, 0) is 6.54 Å². The Morgan fingerprint density at radius 3 is 2.67 bits per heavy atom. The van der Waals surface area contributed by atoms with Gasteiger partial charge in [0.05, 0.1) is 19.8 Å². The molecule has 0 spiro atoms. The van der Waals surface area contributed by atoms with Crippen LogP contribution >= 0.6 is 0 Å². The Labute approximate surface area is 178 Å². The molecule has 0 bridgehead atoms. The van der Waals surface area contributed by atoms with E-state index in [4.69, 9.17) is 19.9 Å². The fourth-order valence-corrected chi connectivity index (χ4v) is 3.20. The Balaban J connectivity index is 1.58. The van der Waals surface area contributed by atoms with Crippen LogP contribution in [0.15, 0.2) is 47.5 Å².